The normalized spacial score (nSPS) is 11.2. The number of aromatic nitrogens is 5. The molecule has 0 atom stereocenters. The minimum absolute atomic E-state index is 0.149. The number of anilines is 1. The molecule has 0 saturated carbocycles. The second kappa shape index (κ2) is 8.10. The Labute approximate surface area is 191 Å². The summed E-state index contributed by atoms with van der Waals surface area (Å²) in [6.45, 7) is 0. The third-order valence-corrected chi connectivity index (χ3v) is 5.19. The maximum Gasteiger partial charge on any atom is 0.259 e. The van der Waals surface area contributed by atoms with Crippen LogP contribution in [-0.2, 0) is 7.05 Å². The van der Waals surface area contributed by atoms with Gasteiger partial charge in [0.15, 0.2) is 11.5 Å². The van der Waals surface area contributed by atoms with Gasteiger partial charge in [0.1, 0.15) is 17.3 Å². The minimum Gasteiger partial charge on any atom is -0.305 e. The predicted octanol–water partition coefficient (Wildman–Crippen LogP) is 4.98. The Balaban J connectivity index is 1.47. The molecule has 5 rings (SSSR count). The maximum absolute atomic E-state index is 14.0. The molecule has 0 bridgehead atoms. The number of nitrogens with zero attached hydrogens (tertiary/aromatic N) is 5. The Morgan fingerprint density at radius 1 is 1.00 bits per heavy atom. The van der Waals surface area contributed by atoms with Crippen LogP contribution in [0, 0.1) is 11.6 Å². The van der Waals surface area contributed by atoms with Gasteiger partial charge in [-0.1, -0.05) is 11.6 Å². The lowest BCUT2D eigenvalue weighted by Gasteiger charge is -2.03. The summed E-state index contributed by atoms with van der Waals surface area (Å²) in [7, 11) is 1.79. The van der Waals surface area contributed by atoms with E-state index in [2.05, 4.69) is 20.5 Å². The van der Waals surface area contributed by atoms with Crippen molar-refractivity contribution in [3.05, 3.63) is 89.2 Å². The van der Waals surface area contributed by atoms with Gasteiger partial charge in [0, 0.05) is 29.4 Å². The molecule has 0 saturated heterocycles. The van der Waals surface area contributed by atoms with E-state index in [0.717, 1.165) is 17.2 Å². The first-order valence-corrected chi connectivity index (χ1v) is 10.2. The topological polar surface area (TPSA) is 77.1 Å². The highest BCUT2D eigenvalue weighted by Crippen LogP contribution is 2.30. The van der Waals surface area contributed by atoms with Crippen molar-refractivity contribution in [2.75, 3.05) is 5.32 Å². The minimum atomic E-state index is -0.728. The molecule has 33 heavy (non-hydrogen) atoms. The summed E-state index contributed by atoms with van der Waals surface area (Å²) in [5.74, 6) is -1.50. The first-order valence-electron chi connectivity index (χ1n) is 9.80. The Kier molecular flexibility index (Phi) is 5.10. The highest BCUT2D eigenvalue weighted by atomic mass is 35.5. The first kappa shape index (κ1) is 20.8. The van der Waals surface area contributed by atoms with Gasteiger partial charge >= 0.3 is 0 Å². The fourth-order valence-electron chi connectivity index (χ4n) is 3.44. The molecule has 3 heterocycles. The lowest BCUT2D eigenvalue weighted by molar-refractivity contribution is 0.102. The number of aryl methyl sites for hydroxylation is 1. The van der Waals surface area contributed by atoms with Crippen molar-refractivity contribution in [3.8, 4) is 22.5 Å². The summed E-state index contributed by atoms with van der Waals surface area (Å²) in [6.07, 6.45) is 3.34. The molecule has 3 aromatic heterocycles. The zero-order chi connectivity index (χ0) is 23.1. The molecule has 1 amide bonds. The molecule has 0 radical (unpaired) electrons. The molecule has 7 nitrogen and oxygen atoms in total. The fraction of sp³-hybridized carbons (Fsp3) is 0.0435. The van der Waals surface area contributed by atoms with Crippen LogP contribution >= 0.6 is 11.6 Å². The van der Waals surface area contributed by atoms with Gasteiger partial charge in [0.25, 0.3) is 5.91 Å². The average molecular weight is 465 g/mol. The van der Waals surface area contributed by atoms with Crippen LogP contribution in [0.1, 0.15) is 10.4 Å². The van der Waals surface area contributed by atoms with E-state index in [0.29, 0.717) is 17.0 Å². The third kappa shape index (κ3) is 4.06. The first-order chi connectivity index (χ1) is 15.9. The summed E-state index contributed by atoms with van der Waals surface area (Å²) in [4.78, 5) is 16.8. The number of benzene rings is 2. The van der Waals surface area contributed by atoms with Crippen LogP contribution in [-0.4, -0.2) is 30.3 Å². The van der Waals surface area contributed by atoms with E-state index in [1.54, 1.807) is 36.0 Å². The van der Waals surface area contributed by atoms with Crippen LogP contribution in [0.3, 0.4) is 0 Å². The Bertz CT molecular complexity index is 1510. The predicted molar refractivity (Wildman–Crippen MR) is 120 cm³/mol. The van der Waals surface area contributed by atoms with Crippen molar-refractivity contribution in [1.82, 2.24) is 24.4 Å². The summed E-state index contributed by atoms with van der Waals surface area (Å²) >= 11 is 5.74. The monoisotopic (exact) mass is 464 g/mol. The number of hydrogen-bond donors (Lipinski definition) is 1. The van der Waals surface area contributed by atoms with E-state index in [1.807, 2.05) is 6.20 Å². The molecule has 0 aliphatic rings. The number of imidazole rings is 1. The van der Waals surface area contributed by atoms with Crippen molar-refractivity contribution in [2.45, 2.75) is 0 Å². The van der Waals surface area contributed by atoms with Crippen LogP contribution in [0.2, 0.25) is 5.02 Å². The van der Waals surface area contributed by atoms with Gasteiger partial charge in [-0.05, 0) is 54.6 Å². The van der Waals surface area contributed by atoms with Gasteiger partial charge in [-0.3, -0.25) is 9.48 Å². The van der Waals surface area contributed by atoms with Gasteiger partial charge in [-0.15, -0.1) is 0 Å². The van der Waals surface area contributed by atoms with E-state index in [4.69, 9.17) is 11.6 Å². The quantitative estimate of drug-likeness (QED) is 0.407. The number of nitrogens with one attached hydrogen (secondary N) is 1. The summed E-state index contributed by atoms with van der Waals surface area (Å²) in [6, 6.07) is 13.4. The number of carbonyl (C=O) groups excluding carboxylic acids is 1. The molecular weight excluding hydrogens is 450 g/mol. The smallest absolute Gasteiger partial charge is 0.259 e. The fourth-order valence-corrected chi connectivity index (χ4v) is 3.60. The van der Waals surface area contributed by atoms with Crippen molar-refractivity contribution in [1.29, 1.82) is 0 Å². The Hall–Kier alpha value is -4.11. The SMILES string of the molecule is Cn1cc(-c2ccc3nc(NC(=O)c4ccc(Cl)cc4F)cn3n2)c(-c2ccc(F)cc2)n1. The molecule has 1 N–H and O–H groups in total. The number of halogens is 3. The van der Waals surface area contributed by atoms with E-state index in [1.165, 1.54) is 35.0 Å². The van der Waals surface area contributed by atoms with Crippen molar-refractivity contribution in [3.63, 3.8) is 0 Å². The molecule has 164 valence electrons. The molecular formula is C23H15ClF2N6O. The van der Waals surface area contributed by atoms with Gasteiger partial charge < -0.3 is 5.32 Å². The number of carbonyl (C=O) groups is 1. The standard InChI is InChI=1S/C23H15ClF2N6O/c1-31-11-17(22(30-31)13-2-5-15(25)6-3-13)19-8-9-21-27-20(12-32(21)29-19)28-23(33)16-7-4-14(24)10-18(16)26/h2-12H,1H3,(H,28,33). The Morgan fingerprint density at radius 3 is 2.55 bits per heavy atom. The number of fused-ring (bicyclic) bond motifs is 1. The highest BCUT2D eigenvalue weighted by molar-refractivity contribution is 6.30. The van der Waals surface area contributed by atoms with Crippen LogP contribution in [0.25, 0.3) is 28.2 Å². The van der Waals surface area contributed by atoms with E-state index in [9.17, 15) is 13.6 Å². The second-order valence-electron chi connectivity index (χ2n) is 7.30. The highest BCUT2D eigenvalue weighted by Gasteiger charge is 2.17. The van der Waals surface area contributed by atoms with Crippen molar-refractivity contribution >= 4 is 29.0 Å². The molecule has 0 fully saturated rings. The van der Waals surface area contributed by atoms with Crippen LogP contribution < -0.4 is 5.32 Å². The Morgan fingerprint density at radius 2 is 1.79 bits per heavy atom. The van der Waals surface area contributed by atoms with E-state index < -0.39 is 11.7 Å². The zero-order valence-corrected chi connectivity index (χ0v) is 17.9. The molecule has 0 aliphatic carbocycles. The van der Waals surface area contributed by atoms with Gasteiger partial charge in [0.05, 0.1) is 17.5 Å². The summed E-state index contributed by atoms with van der Waals surface area (Å²) < 4.78 is 30.5. The zero-order valence-electron chi connectivity index (χ0n) is 17.1. The van der Waals surface area contributed by atoms with Crippen molar-refractivity contribution in [2.24, 2.45) is 7.05 Å². The third-order valence-electron chi connectivity index (χ3n) is 4.96. The molecule has 2 aromatic carbocycles. The van der Waals surface area contributed by atoms with Gasteiger partial charge in [-0.2, -0.15) is 10.2 Å². The summed E-state index contributed by atoms with van der Waals surface area (Å²) in [5, 5.41) is 11.8. The molecule has 0 spiro atoms. The molecule has 0 unspecified atom stereocenters. The van der Waals surface area contributed by atoms with E-state index in [-0.39, 0.29) is 22.2 Å². The molecule has 10 heteroatoms. The lowest BCUT2D eigenvalue weighted by Crippen LogP contribution is -2.13. The largest absolute Gasteiger partial charge is 0.305 e. The van der Waals surface area contributed by atoms with Crippen LogP contribution in [0.5, 0.6) is 0 Å². The molecule has 5 aromatic rings. The maximum atomic E-state index is 14.0. The van der Waals surface area contributed by atoms with Crippen LogP contribution in [0.4, 0.5) is 14.6 Å². The number of amides is 1. The lowest BCUT2D eigenvalue weighted by atomic mass is 10.1. The molecule has 0 aliphatic heterocycles. The second-order valence-corrected chi connectivity index (χ2v) is 7.73. The van der Waals surface area contributed by atoms with Crippen molar-refractivity contribution < 1.29 is 13.6 Å². The number of hydrogen-bond acceptors (Lipinski definition) is 4. The average Bonchev–Trinajstić information content (AvgIpc) is 3.36. The van der Waals surface area contributed by atoms with Crippen LogP contribution in [0.15, 0.2) is 67.0 Å². The summed E-state index contributed by atoms with van der Waals surface area (Å²) in [5.41, 5.74) is 3.08. The van der Waals surface area contributed by atoms with Gasteiger partial charge in [-0.25, -0.2) is 18.3 Å². The number of rotatable bonds is 4. The van der Waals surface area contributed by atoms with E-state index >= 15 is 0 Å². The van der Waals surface area contributed by atoms with Gasteiger partial charge in [0.2, 0.25) is 0 Å².